The smallest absolute Gasteiger partial charge is 0.383 e. The first-order valence-electron chi connectivity index (χ1n) is 7.03. The topological polar surface area (TPSA) is 63.2 Å². The molecular formula is C15H16F3N3O2S. The highest BCUT2D eigenvalue weighted by Crippen LogP contribution is 2.31. The van der Waals surface area contributed by atoms with E-state index in [1.807, 2.05) is 0 Å². The molecule has 5 nitrogen and oxygen atoms in total. The molecule has 0 aliphatic rings. The summed E-state index contributed by atoms with van der Waals surface area (Å²) in [5, 5.41) is 7.60. The lowest BCUT2D eigenvalue weighted by Gasteiger charge is -2.08. The number of hydrogen-bond acceptors (Lipinski definition) is 5. The molecule has 1 heterocycles. The normalized spacial score (nSPS) is 11.3. The van der Waals surface area contributed by atoms with Gasteiger partial charge in [-0.25, -0.2) is 4.98 Å². The lowest BCUT2D eigenvalue weighted by Crippen LogP contribution is -2.28. The van der Waals surface area contributed by atoms with E-state index in [9.17, 15) is 18.0 Å². The Balaban J connectivity index is 1.95. The van der Waals surface area contributed by atoms with Crippen molar-refractivity contribution in [2.75, 3.05) is 25.6 Å². The highest BCUT2D eigenvalue weighted by Gasteiger charge is 2.30. The molecule has 0 saturated carbocycles. The number of methoxy groups -OCH3 is 1. The summed E-state index contributed by atoms with van der Waals surface area (Å²) in [7, 11) is 1.54. The van der Waals surface area contributed by atoms with Crippen molar-refractivity contribution in [2.24, 2.45) is 0 Å². The maximum atomic E-state index is 12.7. The minimum Gasteiger partial charge on any atom is -0.383 e. The van der Waals surface area contributed by atoms with Crippen LogP contribution in [0.5, 0.6) is 0 Å². The van der Waals surface area contributed by atoms with Gasteiger partial charge in [-0.1, -0.05) is 6.07 Å². The van der Waals surface area contributed by atoms with Crippen molar-refractivity contribution >= 4 is 28.1 Å². The minimum atomic E-state index is -4.40. The molecule has 0 saturated heterocycles. The van der Waals surface area contributed by atoms with Gasteiger partial charge in [0.15, 0.2) is 5.13 Å². The average molecular weight is 359 g/mol. The zero-order valence-corrected chi connectivity index (χ0v) is 13.6. The molecule has 0 atom stereocenters. The van der Waals surface area contributed by atoms with Crippen LogP contribution in [0, 0.1) is 0 Å². The van der Waals surface area contributed by atoms with Crippen LogP contribution in [0.1, 0.15) is 11.3 Å². The minimum absolute atomic E-state index is 0.102. The quantitative estimate of drug-likeness (QED) is 0.745. The largest absolute Gasteiger partial charge is 0.416 e. The number of ether oxygens (including phenoxy) is 1. The molecule has 2 rings (SSSR count). The molecule has 1 aromatic carbocycles. The van der Waals surface area contributed by atoms with Crippen molar-refractivity contribution in [1.82, 2.24) is 10.3 Å². The van der Waals surface area contributed by atoms with Crippen LogP contribution in [-0.2, 0) is 22.1 Å². The third-order valence-corrected chi connectivity index (χ3v) is 3.77. The number of carbonyl (C=O) groups is 1. The summed E-state index contributed by atoms with van der Waals surface area (Å²) in [4.78, 5) is 15.9. The number of aromatic nitrogens is 1. The molecule has 0 aliphatic heterocycles. The maximum absolute atomic E-state index is 12.7. The molecule has 0 spiro atoms. The van der Waals surface area contributed by atoms with Gasteiger partial charge < -0.3 is 15.4 Å². The van der Waals surface area contributed by atoms with Gasteiger partial charge in [0.2, 0.25) is 5.91 Å². The van der Waals surface area contributed by atoms with Gasteiger partial charge in [0.05, 0.1) is 24.3 Å². The van der Waals surface area contributed by atoms with Gasteiger partial charge in [-0.15, -0.1) is 11.3 Å². The molecule has 0 fully saturated rings. The number of anilines is 2. The van der Waals surface area contributed by atoms with Crippen LogP contribution in [0.25, 0.3) is 0 Å². The van der Waals surface area contributed by atoms with E-state index in [0.29, 0.717) is 24.0 Å². The van der Waals surface area contributed by atoms with Gasteiger partial charge in [0, 0.05) is 24.7 Å². The third-order valence-electron chi connectivity index (χ3n) is 2.96. The van der Waals surface area contributed by atoms with Gasteiger partial charge in [0.1, 0.15) is 0 Å². The molecule has 9 heteroatoms. The van der Waals surface area contributed by atoms with Crippen molar-refractivity contribution in [1.29, 1.82) is 0 Å². The predicted octanol–water partition coefficient (Wildman–Crippen LogP) is 3.21. The van der Waals surface area contributed by atoms with Gasteiger partial charge >= 0.3 is 6.18 Å². The first kappa shape index (κ1) is 18.2. The summed E-state index contributed by atoms with van der Waals surface area (Å²) >= 11 is 1.22. The molecule has 0 unspecified atom stereocenters. The Kier molecular flexibility index (Phi) is 6.16. The molecular weight excluding hydrogens is 343 g/mol. The molecule has 2 aromatic rings. The fraction of sp³-hybridized carbons (Fsp3) is 0.333. The third kappa shape index (κ3) is 5.50. The number of benzene rings is 1. The first-order chi connectivity index (χ1) is 11.4. The molecule has 130 valence electrons. The lowest BCUT2D eigenvalue weighted by atomic mass is 10.2. The first-order valence-corrected chi connectivity index (χ1v) is 7.91. The second-order valence-electron chi connectivity index (χ2n) is 4.87. The Labute approximate surface area is 140 Å². The molecule has 2 N–H and O–H groups in total. The maximum Gasteiger partial charge on any atom is 0.416 e. The zero-order valence-electron chi connectivity index (χ0n) is 12.8. The second-order valence-corrected chi connectivity index (χ2v) is 5.73. The zero-order chi connectivity index (χ0) is 17.6. The van der Waals surface area contributed by atoms with Crippen LogP contribution in [0.15, 0.2) is 29.6 Å². The number of nitrogens with one attached hydrogen (secondary N) is 2. The van der Waals surface area contributed by atoms with Gasteiger partial charge in [-0.3, -0.25) is 4.79 Å². The second kappa shape index (κ2) is 8.11. The van der Waals surface area contributed by atoms with Crippen molar-refractivity contribution < 1.29 is 22.7 Å². The van der Waals surface area contributed by atoms with Crippen molar-refractivity contribution in [3.05, 3.63) is 40.9 Å². The fourth-order valence-corrected chi connectivity index (χ4v) is 2.59. The van der Waals surface area contributed by atoms with Crippen LogP contribution >= 0.6 is 11.3 Å². The summed E-state index contributed by atoms with van der Waals surface area (Å²) in [5.41, 5.74) is 0.0986. The van der Waals surface area contributed by atoms with Gasteiger partial charge in [-0.05, 0) is 18.2 Å². The Morgan fingerprint density at radius 1 is 1.38 bits per heavy atom. The van der Waals surface area contributed by atoms with E-state index in [0.717, 1.165) is 12.1 Å². The van der Waals surface area contributed by atoms with E-state index >= 15 is 0 Å². The van der Waals surface area contributed by atoms with Crippen LogP contribution in [0.3, 0.4) is 0 Å². The number of amides is 1. The number of thiazole rings is 1. The van der Waals surface area contributed by atoms with E-state index in [-0.39, 0.29) is 18.0 Å². The number of nitrogens with zero attached hydrogens (tertiary/aromatic N) is 1. The van der Waals surface area contributed by atoms with Crippen LogP contribution in [-0.4, -0.2) is 31.2 Å². The van der Waals surface area contributed by atoms with E-state index in [4.69, 9.17) is 4.74 Å². The summed E-state index contributed by atoms with van der Waals surface area (Å²) in [6.45, 7) is 0.833. The average Bonchev–Trinajstić information content (AvgIpc) is 2.94. The highest BCUT2D eigenvalue weighted by atomic mass is 32.1. The fourth-order valence-electron chi connectivity index (χ4n) is 1.86. The van der Waals surface area contributed by atoms with Gasteiger partial charge in [0.25, 0.3) is 0 Å². The van der Waals surface area contributed by atoms with Crippen molar-refractivity contribution in [3.63, 3.8) is 0 Å². The highest BCUT2D eigenvalue weighted by molar-refractivity contribution is 7.13. The molecule has 0 radical (unpaired) electrons. The SMILES string of the molecule is COCCNC(=O)Cc1csc(Nc2cccc(C(F)(F)F)c2)n1. The summed E-state index contributed by atoms with van der Waals surface area (Å²) in [6, 6.07) is 4.86. The van der Waals surface area contributed by atoms with Crippen molar-refractivity contribution in [3.8, 4) is 0 Å². The Hall–Kier alpha value is -2.13. The lowest BCUT2D eigenvalue weighted by molar-refractivity contribution is -0.137. The molecule has 24 heavy (non-hydrogen) atoms. The monoisotopic (exact) mass is 359 g/mol. The van der Waals surface area contributed by atoms with Crippen molar-refractivity contribution in [2.45, 2.75) is 12.6 Å². The van der Waals surface area contributed by atoms with E-state index < -0.39 is 11.7 Å². The Bertz CT molecular complexity index is 689. The summed E-state index contributed by atoms with van der Waals surface area (Å²) in [6.07, 6.45) is -4.30. The molecule has 0 aliphatic carbocycles. The Morgan fingerprint density at radius 3 is 2.88 bits per heavy atom. The van der Waals surface area contributed by atoms with E-state index in [1.54, 1.807) is 5.38 Å². The molecule has 1 amide bonds. The van der Waals surface area contributed by atoms with Crippen LogP contribution in [0.4, 0.5) is 24.0 Å². The number of hydrogen-bond donors (Lipinski definition) is 2. The summed E-state index contributed by atoms with van der Waals surface area (Å²) < 4.78 is 42.9. The predicted molar refractivity (Wildman–Crippen MR) is 85.4 cm³/mol. The standard InChI is InChI=1S/C15H16F3N3O2S/c1-23-6-5-19-13(22)8-12-9-24-14(21-12)20-11-4-2-3-10(7-11)15(16,17)18/h2-4,7,9H,5-6,8H2,1H3,(H,19,22)(H,20,21). The van der Waals surface area contributed by atoms with Crippen LogP contribution < -0.4 is 10.6 Å². The number of alkyl halides is 3. The van der Waals surface area contributed by atoms with Gasteiger partial charge in [-0.2, -0.15) is 13.2 Å². The van der Waals surface area contributed by atoms with Crippen LogP contribution in [0.2, 0.25) is 0 Å². The van der Waals surface area contributed by atoms with E-state index in [2.05, 4.69) is 15.6 Å². The number of halogens is 3. The van der Waals surface area contributed by atoms with E-state index in [1.165, 1.54) is 30.6 Å². The Morgan fingerprint density at radius 2 is 2.17 bits per heavy atom. The molecule has 0 bridgehead atoms. The number of rotatable bonds is 7. The molecule has 1 aromatic heterocycles. The summed E-state index contributed by atoms with van der Waals surface area (Å²) in [5.74, 6) is -0.192. The number of carbonyl (C=O) groups excluding carboxylic acids is 1.